The number of hydrogen-bond acceptors (Lipinski definition) is 5. The van der Waals surface area contributed by atoms with Crippen molar-refractivity contribution in [1.29, 1.82) is 0 Å². The van der Waals surface area contributed by atoms with Crippen molar-refractivity contribution in [3.63, 3.8) is 0 Å². The number of benzene rings is 1. The lowest BCUT2D eigenvalue weighted by atomic mass is 10.1. The van der Waals surface area contributed by atoms with E-state index in [-0.39, 0.29) is 5.91 Å². The summed E-state index contributed by atoms with van der Waals surface area (Å²) in [6.07, 6.45) is 2.93. The number of nitrogens with zero attached hydrogens (tertiary/aromatic N) is 3. The van der Waals surface area contributed by atoms with Gasteiger partial charge in [-0.05, 0) is 56.7 Å². The molecule has 0 radical (unpaired) electrons. The Hall–Kier alpha value is -3.61. The van der Waals surface area contributed by atoms with Gasteiger partial charge in [-0.2, -0.15) is 0 Å². The van der Waals surface area contributed by atoms with Crippen LogP contribution in [0.3, 0.4) is 0 Å². The maximum atomic E-state index is 13.0. The van der Waals surface area contributed by atoms with Gasteiger partial charge in [-0.3, -0.25) is 4.79 Å². The molecule has 0 aliphatic heterocycles. The van der Waals surface area contributed by atoms with E-state index in [1.54, 1.807) is 6.26 Å². The quantitative estimate of drug-likeness (QED) is 0.559. The van der Waals surface area contributed by atoms with E-state index in [4.69, 9.17) is 8.83 Å². The van der Waals surface area contributed by atoms with Crippen molar-refractivity contribution in [1.82, 2.24) is 14.8 Å². The summed E-state index contributed by atoms with van der Waals surface area (Å²) in [5.41, 5.74) is 4.92. The van der Waals surface area contributed by atoms with Crippen molar-refractivity contribution >= 4 is 11.6 Å². The molecule has 0 fully saturated rings. The van der Waals surface area contributed by atoms with Gasteiger partial charge in [-0.15, -0.1) is 10.2 Å². The predicted octanol–water partition coefficient (Wildman–Crippen LogP) is 4.36. The number of amides is 1. The smallest absolute Gasteiger partial charge is 0.257 e. The number of rotatable bonds is 5. The van der Waals surface area contributed by atoms with E-state index >= 15 is 0 Å². The largest absolute Gasteiger partial charge is 0.467 e. The summed E-state index contributed by atoms with van der Waals surface area (Å²) in [6, 6.07) is 11.3. The zero-order valence-corrected chi connectivity index (χ0v) is 15.9. The highest BCUT2D eigenvalue weighted by Crippen LogP contribution is 2.25. The molecule has 7 heteroatoms. The Balaban J connectivity index is 1.60. The van der Waals surface area contributed by atoms with E-state index in [1.807, 2.05) is 57.2 Å². The average Bonchev–Trinajstić information content (AvgIpc) is 3.42. The molecule has 0 aliphatic rings. The van der Waals surface area contributed by atoms with E-state index in [0.29, 0.717) is 23.7 Å². The fraction of sp³-hybridized carbons (Fsp3) is 0.190. The van der Waals surface area contributed by atoms with E-state index in [9.17, 15) is 4.79 Å². The second-order valence-electron chi connectivity index (χ2n) is 6.68. The molecule has 1 amide bonds. The van der Waals surface area contributed by atoms with Crippen LogP contribution < -0.4 is 5.32 Å². The monoisotopic (exact) mass is 376 g/mol. The molecular formula is C21H20N4O3. The molecule has 28 heavy (non-hydrogen) atoms. The molecule has 1 N–H and O–H groups in total. The molecule has 4 rings (SSSR count). The Morgan fingerprint density at radius 2 is 2.00 bits per heavy atom. The first kappa shape index (κ1) is 17.8. The Morgan fingerprint density at radius 1 is 1.14 bits per heavy atom. The van der Waals surface area contributed by atoms with Gasteiger partial charge in [0.2, 0.25) is 12.3 Å². The van der Waals surface area contributed by atoms with E-state index in [0.717, 1.165) is 28.3 Å². The van der Waals surface area contributed by atoms with Crippen LogP contribution >= 0.6 is 0 Å². The molecule has 3 heterocycles. The lowest BCUT2D eigenvalue weighted by Gasteiger charge is -2.11. The number of carbonyl (C=O) groups excluding carboxylic acids is 1. The third-order valence-electron chi connectivity index (χ3n) is 4.81. The summed E-state index contributed by atoms with van der Waals surface area (Å²) in [6.45, 7) is 6.44. The number of anilines is 1. The van der Waals surface area contributed by atoms with Crippen LogP contribution in [0.15, 0.2) is 57.9 Å². The predicted molar refractivity (Wildman–Crippen MR) is 104 cm³/mol. The van der Waals surface area contributed by atoms with Crippen LogP contribution in [0.1, 0.15) is 33.1 Å². The van der Waals surface area contributed by atoms with Gasteiger partial charge in [0.15, 0.2) is 0 Å². The zero-order valence-electron chi connectivity index (χ0n) is 15.9. The lowest BCUT2D eigenvalue weighted by Crippen LogP contribution is -2.14. The summed E-state index contributed by atoms with van der Waals surface area (Å²) in [4.78, 5) is 13.0. The van der Waals surface area contributed by atoms with Crippen molar-refractivity contribution in [3.8, 4) is 11.5 Å². The Bertz CT molecular complexity index is 1110. The zero-order chi connectivity index (χ0) is 19.7. The van der Waals surface area contributed by atoms with Crippen LogP contribution in [0.5, 0.6) is 0 Å². The van der Waals surface area contributed by atoms with Crippen molar-refractivity contribution in [2.45, 2.75) is 27.3 Å². The fourth-order valence-corrected chi connectivity index (χ4v) is 3.21. The first-order valence-electron chi connectivity index (χ1n) is 8.90. The van der Waals surface area contributed by atoms with Crippen LogP contribution in [-0.2, 0) is 6.54 Å². The Kier molecular flexibility index (Phi) is 4.57. The fourth-order valence-electron chi connectivity index (χ4n) is 3.21. The number of aromatic nitrogens is 3. The van der Waals surface area contributed by atoms with E-state index in [1.165, 1.54) is 6.39 Å². The van der Waals surface area contributed by atoms with Crippen LogP contribution in [-0.4, -0.2) is 20.7 Å². The lowest BCUT2D eigenvalue weighted by molar-refractivity contribution is 0.102. The summed E-state index contributed by atoms with van der Waals surface area (Å²) < 4.78 is 12.7. The van der Waals surface area contributed by atoms with Gasteiger partial charge >= 0.3 is 0 Å². The number of hydrogen-bond donors (Lipinski definition) is 1. The maximum Gasteiger partial charge on any atom is 0.257 e. The summed E-state index contributed by atoms with van der Waals surface area (Å²) in [7, 11) is 0. The van der Waals surface area contributed by atoms with Crippen molar-refractivity contribution in [2.75, 3.05) is 5.32 Å². The van der Waals surface area contributed by atoms with Gasteiger partial charge < -0.3 is 18.7 Å². The van der Waals surface area contributed by atoms with Gasteiger partial charge in [0.05, 0.1) is 18.4 Å². The molecule has 1 aromatic carbocycles. The van der Waals surface area contributed by atoms with Gasteiger partial charge in [-0.25, -0.2) is 0 Å². The SMILES string of the molecule is Cc1ccc(-c2nnco2)cc1NC(=O)c1cc(C)n(Cc2ccco2)c1C. The third kappa shape index (κ3) is 3.34. The molecule has 3 aromatic heterocycles. The highest BCUT2D eigenvalue weighted by molar-refractivity contribution is 6.06. The number of furan rings is 1. The van der Waals surface area contributed by atoms with Gasteiger partial charge in [0.1, 0.15) is 5.76 Å². The highest BCUT2D eigenvalue weighted by Gasteiger charge is 2.18. The van der Waals surface area contributed by atoms with Crippen molar-refractivity contribution in [3.05, 3.63) is 77.3 Å². The molecule has 7 nitrogen and oxygen atoms in total. The maximum absolute atomic E-state index is 13.0. The van der Waals surface area contributed by atoms with Gasteiger partial charge in [0, 0.05) is 22.6 Å². The van der Waals surface area contributed by atoms with Crippen LogP contribution in [0.4, 0.5) is 5.69 Å². The standard InChI is InChI=1S/C21H20N4O3/c1-13-6-7-16(21-24-22-12-28-21)10-19(13)23-20(26)18-9-14(2)25(15(18)3)11-17-5-4-8-27-17/h4-10,12H,11H2,1-3H3,(H,23,26). The van der Waals surface area contributed by atoms with Gasteiger partial charge in [-0.1, -0.05) is 6.07 Å². The topological polar surface area (TPSA) is 86.1 Å². The molecule has 0 unspecified atom stereocenters. The average molecular weight is 376 g/mol. The molecule has 142 valence electrons. The van der Waals surface area contributed by atoms with Gasteiger partial charge in [0.25, 0.3) is 5.91 Å². The summed E-state index contributed by atoms with van der Waals surface area (Å²) >= 11 is 0. The summed E-state index contributed by atoms with van der Waals surface area (Å²) in [5.74, 6) is 1.09. The van der Waals surface area contributed by atoms with Crippen LogP contribution in [0, 0.1) is 20.8 Å². The number of carbonyl (C=O) groups is 1. The molecule has 0 atom stereocenters. The molecule has 0 bridgehead atoms. The molecule has 4 aromatic rings. The van der Waals surface area contributed by atoms with Crippen LogP contribution in [0.2, 0.25) is 0 Å². The number of aryl methyl sites for hydroxylation is 2. The minimum atomic E-state index is -0.162. The van der Waals surface area contributed by atoms with Crippen molar-refractivity contribution < 1.29 is 13.6 Å². The first-order chi connectivity index (χ1) is 13.5. The summed E-state index contributed by atoms with van der Waals surface area (Å²) in [5, 5.41) is 10.6. The minimum Gasteiger partial charge on any atom is -0.467 e. The Labute approximate surface area is 162 Å². The molecule has 0 spiro atoms. The van der Waals surface area contributed by atoms with E-state index in [2.05, 4.69) is 20.1 Å². The minimum absolute atomic E-state index is 0.162. The molecule has 0 aliphatic carbocycles. The van der Waals surface area contributed by atoms with Crippen molar-refractivity contribution in [2.24, 2.45) is 0 Å². The Morgan fingerprint density at radius 3 is 2.71 bits per heavy atom. The number of nitrogens with one attached hydrogen (secondary N) is 1. The third-order valence-corrected chi connectivity index (χ3v) is 4.81. The van der Waals surface area contributed by atoms with E-state index < -0.39 is 0 Å². The molecule has 0 saturated carbocycles. The molecule has 0 saturated heterocycles. The normalized spacial score (nSPS) is 11.0. The van der Waals surface area contributed by atoms with Crippen LogP contribution in [0.25, 0.3) is 11.5 Å². The molecular weight excluding hydrogens is 356 g/mol. The first-order valence-corrected chi connectivity index (χ1v) is 8.90. The highest BCUT2D eigenvalue weighted by atomic mass is 16.4. The second kappa shape index (κ2) is 7.19. The second-order valence-corrected chi connectivity index (χ2v) is 6.68.